The summed E-state index contributed by atoms with van der Waals surface area (Å²) in [5.41, 5.74) is 0.368. The van der Waals surface area contributed by atoms with Crippen molar-refractivity contribution in [2.45, 2.75) is 24.4 Å². The maximum Gasteiger partial charge on any atom is 0.338 e. The van der Waals surface area contributed by atoms with E-state index in [-0.39, 0.29) is 17.4 Å². The van der Waals surface area contributed by atoms with E-state index in [0.717, 1.165) is 0 Å². The van der Waals surface area contributed by atoms with Crippen molar-refractivity contribution < 1.29 is 39.2 Å². The van der Waals surface area contributed by atoms with Crippen molar-refractivity contribution in [2.24, 2.45) is 0 Å². The van der Waals surface area contributed by atoms with E-state index in [0.29, 0.717) is 0 Å². The summed E-state index contributed by atoms with van der Waals surface area (Å²) in [6, 6.07) is 15.7. The van der Waals surface area contributed by atoms with Gasteiger partial charge in [-0.1, -0.05) is 36.4 Å². The first-order chi connectivity index (χ1) is 13.4. The lowest BCUT2D eigenvalue weighted by Gasteiger charge is -2.27. The number of carbonyl (C=O) groups is 3. The van der Waals surface area contributed by atoms with Crippen molar-refractivity contribution in [3.05, 3.63) is 71.8 Å². The van der Waals surface area contributed by atoms with E-state index in [4.69, 9.17) is 9.47 Å². The molecule has 0 saturated heterocycles. The molecule has 0 radical (unpaired) electrons. The SMILES string of the molecule is O=C[C@H](O)[C@@H](OC(=O)c1ccccc1)[C@H](O)[C@H](O)COC(=O)c1ccccc1. The van der Waals surface area contributed by atoms with Gasteiger partial charge in [0.1, 0.15) is 24.9 Å². The number of aldehydes is 1. The van der Waals surface area contributed by atoms with Crippen molar-refractivity contribution in [1.82, 2.24) is 0 Å². The molecule has 8 nitrogen and oxygen atoms in total. The van der Waals surface area contributed by atoms with E-state index in [9.17, 15) is 29.7 Å². The number of aliphatic hydroxyl groups excluding tert-OH is 3. The van der Waals surface area contributed by atoms with Gasteiger partial charge >= 0.3 is 11.9 Å². The second-order valence-electron chi connectivity index (χ2n) is 5.89. The molecule has 0 aliphatic heterocycles. The van der Waals surface area contributed by atoms with Crippen LogP contribution >= 0.6 is 0 Å². The Morgan fingerprint density at radius 2 is 1.36 bits per heavy atom. The second-order valence-corrected chi connectivity index (χ2v) is 5.89. The number of rotatable bonds is 9. The summed E-state index contributed by atoms with van der Waals surface area (Å²) in [5.74, 6) is -1.64. The number of ether oxygens (including phenoxy) is 2. The molecule has 0 bridgehead atoms. The standard InChI is InChI=1S/C20H20O8/c21-11-15(22)18(28-20(26)14-9-5-2-6-10-14)17(24)16(23)12-27-19(25)13-7-3-1-4-8-13/h1-11,15-18,22-24H,12H2/t15-,16+,17+,18+/m0/s1. The summed E-state index contributed by atoms with van der Waals surface area (Å²) >= 11 is 0. The van der Waals surface area contributed by atoms with Gasteiger partial charge in [-0.3, -0.25) is 0 Å². The van der Waals surface area contributed by atoms with Crippen LogP contribution in [0.15, 0.2) is 60.7 Å². The predicted molar refractivity (Wildman–Crippen MR) is 96.5 cm³/mol. The summed E-state index contributed by atoms with van der Waals surface area (Å²) in [7, 11) is 0. The zero-order chi connectivity index (χ0) is 20.5. The molecule has 0 heterocycles. The zero-order valence-electron chi connectivity index (χ0n) is 14.8. The molecule has 3 N–H and O–H groups in total. The van der Waals surface area contributed by atoms with Gasteiger partial charge in [-0.05, 0) is 24.3 Å². The van der Waals surface area contributed by atoms with Gasteiger partial charge in [-0.2, -0.15) is 0 Å². The minimum atomic E-state index is -1.89. The van der Waals surface area contributed by atoms with E-state index in [1.165, 1.54) is 24.3 Å². The van der Waals surface area contributed by atoms with Crippen LogP contribution in [0.4, 0.5) is 0 Å². The van der Waals surface area contributed by atoms with Gasteiger partial charge < -0.3 is 29.6 Å². The molecule has 0 unspecified atom stereocenters. The fourth-order valence-corrected chi connectivity index (χ4v) is 2.32. The van der Waals surface area contributed by atoms with Gasteiger partial charge in [0.15, 0.2) is 12.4 Å². The Kier molecular flexibility index (Phi) is 7.82. The third kappa shape index (κ3) is 5.71. The largest absolute Gasteiger partial charge is 0.459 e. The van der Waals surface area contributed by atoms with Crippen LogP contribution < -0.4 is 0 Å². The highest BCUT2D eigenvalue weighted by Gasteiger charge is 2.36. The number of hydrogen-bond acceptors (Lipinski definition) is 8. The van der Waals surface area contributed by atoms with Crippen LogP contribution in [0.3, 0.4) is 0 Å². The molecule has 2 aromatic rings. The molecule has 0 aromatic heterocycles. The first-order valence-electron chi connectivity index (χ1n) is 8.41. The lowest BCUT2D eigenvalue weighted by Crippen LogP contribution is -2.49. The number of hydrogen-bond donors (Lipinski definition) is 3. The minimum Gasteiger partial charge on any atom is -0.459 e. The van der Waals surface area contributed by atoms with Crippen LogP contribution in [0, 0.1) is 0 Å². The first kappa shape index (κ1) is 21.2. The quantitative estimate of drug-likeness (QED) is 0.414. The molecule has 28 heavy (non-hydrogen) atoms. The highest BCUT2D eigenvalue weighted by Crippen LogP contribution is 2.13. The van der Waals surface area contributed by atoms with Crippen molar-refractivity contribution in [3.8, 4) is 0 Å². The fourth-order valence-electron chi connectivity index (χ4n) is 2.32. The van der Waals surface area contributed by atoms with E-state index >= 15 is 0 Å². The highest BCUT2D eigenvalue weighted by molar-refractivity contribution is 5.90. The number of benzene rings is 2. The average Bonchev–Trinajstić information content (AvgIpc) is 2.75. The normalized spacial score (nSPS) is 15.0. The van der Waals surface area contributed by atoms with E-state index in [2.05, 4.69) is 0 Å². The average molecular weight is 388 g/mol. The van der Waals surface area contributed by atoms with E-state index < -0.39 is 43.0 Å². The fraction of sp³-hybridized carbons (Fsp3) is 0.250. The van der Waals surface area contributed by atoms with Crippen molar-refractivity contribution in [1.29, 1.82) is 0 Å². The molecule has 2 aromatic carbocycles. The highest BCUT2D eigenvalue weighted by atomic mass is 16.6. The maximum atomic E-state index is 12.1. The summed E-state index contributed by atoms with van der Waals surface area (Å²) in [4.78, 5) is 34.9. The molecule has 2 rings (SSSR count). The third-order valence-electron chi connectivity index (χ3n) is 3.85. The van der Waals surface area contributed by atoms with E-state index in [1.54, 1.807) is 36.4 Å². The zero-order valence-corrected chi connectivity index (χ0v) is 14.8. The molecular formula is C20H20O8. The Morgan fingerprint density at radius 3 is 1.86 bits per heavy atom. The van der Waals surface area contributed by atoms with Crippen molar-refractivity contribution >= 4 is 18.2 Å². The Morgan fingerprint density at radius 1 is 0.857 bits per heavy atom. The van der Waals surface area contributed by atoms with E-state index in [1.807, 2.05) is 0 Å². The van der Waals surface area contributed by atoms with Crippen LogP contribution in [-0.2, 0) is 14.3 Å². The van der Waals surface area contributed by atoms with Crippen LogP contribution in [0.2, 0.25) is 0 Å². The molecule has 0 amide bonds. The van der Waals surface area contributed by atoms with Crippen LogP contribution in [0.5, 0.6) is 0 Å². The van der Waals surface area contributed by atoms with Crippen LogP contribution in [0.25, 0.3) is 0 Å². The molecule has 0 fully saturated rings. The van der Waals surface area contributed by atoms with Gasteiger partial charge in [-0.15, -0.1) is 0 Å². The molecule has 8 heteroatoms. The van der Waals surface area contributed by atoms with Gasteiger partial charge in [0.2, 0.25) is 0 Å². The second kappa shape index (κ2) is 10.3. The molecule has 0 aliphatic carbocycles. The summed E-state index contributed by atoms with van der Waals surface area (Å²) in [5, 5.41) is 30.1. The lowest BCUT2D eigenvalue weighted by molar-refractivity contribution is -0.138. The minimum absolute atomic E-state index is 0.0643. The molecule has 0 aliphatic rings. The third-order valence-corrected chi connectivity index (χ3v) is 3.85. The van der Waals surface area contributed by atoms with Crippen LogP contribution in [-0.4, -0.2) is 64.6 Å². The summed E-state index contributed by atoms with van der Waals surface area (Å²) in [6.07, 6.45) is -7.17. The van der Waals surface area contributed by atoms with Gasteiger partial charge in [0, 0.05) is 0 Å². The predicted octanol–water partition coefficient (Wildman–Crippen LogP) is 0.351. The lowest BCUT2D eigenvalue weighted by atomic mass is 10.0. The molecular weight excluding hydrogens is 368 g/mol. The Labute approximate surface area is 161 Å². The van der Waals surface area contributed by atoms with Crippen molar-refractivity contribution in [3.63, 3.8) is 0 Å². The molecule has 148 valence electrons. The summed E-state index contributed by atoms with van der Waals surface area (Å²) < 4.78 is 9.90. The molecule has 0 spiro atoms. The number of carbonyl (C=O) groups excluding carboxylic acids is 3. The monoisotopic (exact) mass is 388 g/mol. The topological polar surface area (TPSA) is 130 Å². The molecule has 4 atom stereocenters. The molecule has 0 saturated carbocycles. The van der Waals surface area contributed by atoms with Gasteiger partial charge in [-0.25, -0.2) is 9.59 Å². The Hall–Kier alpha value is -3.07. The van der Waals surface area contributed by atoms with Gasteiger partial charge in [0.05, 0.1) is 11.1 Å². The van der Waals surface area contributed by atoms with Crippen molar-refractivity contribution in [2.75, 3.05) is 6.61 Å². The first-order valence-corrected chi connectivity index (χ1v) is 8.41. The number of aliphatic hydroxyl groups is 3. The Bertz CT molecular complexity index is 777. The van der Waals surface area contributed by atoms with Crippen LogP contribution in [0.1, 0.15) is 20.7 Å². The summed E-state index contributed by atoms with van der Waals surface area (Å²) in [6.45, 7) is -0.639. The number of esters is 2. The maximum absolute atomic E-state index is 12.1. The Balaban J connectivity index is 2.01. The van der Waals surface area contributed by atoms with Gasteiger partial charge in [0.25, 0.3) is 0 Å². The smallest absolute Gasteiger partial charge is 0.338 e.